The largest absolute Gasteiger partial charge is 0.396 e. The van der Waals surface area contributed by atoms with Crippen LogP contribution in [0.5, 0.6) is 0 Å². The minimum Gasteiger partial charge on any atom is -0.396 e. The number of aliphatic hydroxyl groups excluding tert-OH is 1. The Balaban J connectivity index is 2.51. The number of nitrogens with zero attached hydrogens (tertiary/aromatic N) is 1. The number of carbonyl (C=O) groups excluding carboxylic acids is 1. The van der Waals surface area contributed by atoms with Gasteiger partial charge in [0.15, 0.2) is 5.78 Å². The Labute approximate surface area is 107 Å². The zero-order valence-corrected chi connectivity index (χ0v) is 11.4. The molecule has 0 atom stereocenters. The summed E-state index contributed by atoms with van der Waals surface area (Å²) in [5.41, 5.74) is 0. The summed E-state index contributed by atoms with van der Waals surface area (Å²) in [5, 5.41) is 8.79. The maximum atomic E-state index is 12.0. The highest BCUT2D eigenvalue weighted by Crippen LogP contribution is 2.17. The van der Waals surface area contributed by atoms with E-state index >= 15 is 0 Å². The van der Waals surface area contributed by atoms with Crippen LogP contribution in [0.15, 0.2) is 12.1 Å². The fourth-order valence-electron chi connectivity index (χ4n) is 1.64. The first kappa shape index (κ1) is 14.4. The summed E-state index contributed by atoms with van der Waals surface area (Å²) in [6, 6.07) is 3.95. The van der Waals surface area contributed by atoms with Crippen molar-refractivity contribution in [2.45, 2.75) is 26.7 Å². The molecule has 0 aliphatic carbocycles. The molecule has 4 heteroatoms. The van der Waals surface area contributed by atoms with E-state index in [1.165, 1.54) is 4.88 Å². The Morgan fingerprint density at radius 3 is 2.71 bits per heavy atom. The van der Waals surface area contributed by atoms with E-state index in [0.29, 0.717) is 6.54 Å². The van der Waals surface area contributed by atoms with Gasteiger partial charge in [-0.05, 0) is 31.5 Å². The Kier molecular flexibility index (Phi) is 6.40. The lowest BCUT2D eigenvalue weighted by atomic mass is 10.2. The third-order valence-corrected chi connectivity index (χ3v) is 4.00. The van der Waals surface area contributed by atoms with Crippen LogP contribution in [-0.2, 0) is 6.42 Å². The third kappa shape index (κ3) is 4.58. The molecule has 1 rings (SSSR count). The van der Waals surface area contributed by atoms with Gasteiger partial charge in [-0.15, -0.1) is 11.3 Å². The summed E-state index contributed by atoms with van der Waals surface area (Å²) in [6.07, 6.45) is 1.71. The summed E-state index contributed by atoms with van der Waals surface area (Å²) in [7, 11) is 0. The Bertz CT molecular complexity index is 349. The van der Waals surface area contributed by atoms with Crippen molar-refractivity contribution in [2.75, 3.05) is 26.2 Å². The van der Waals surface area contributed by atoms with Crippen LogP contribution in [0.1, 0.15) is 34.8 Å². The lowest BCUT2D eigenvalue weighted by Gasteiger charge is -2.18. The topological polar surface area (TPSA) is 40.5 Å². The maximum Gasteiger partial charge on any atom is 0.186 e. The zero-order valence-electron chi connectivity index (χ0n) is 10.6. The van der Waals surface area contributed by atoms with Gasteiger partial charge in [-0.3, -0.25) is 9.69 Å². The number of rotatable bonds is 8. The van der Waals surface area contributed by atoms with Crippen molar-refractivity contribution in [3.8, 4) is 0 Å². The highest BCUT2D eigenvalue weighted by Gasteiger charge is 2.12. The highest BCUT2D eigenvalue weighted by atomic mass is 32.1. The molecule has 0 aliphatic heterocycles. The van der Waals surface area contributed by atoms with Gasteiger partial charge in [0.25, 0.3) is 0 Å². The standard InChI is InChI=1S/C13H21NO2S/c1-3-11-6-7-13(17-11)12(16)10-14(4-2)8-5-9-15/h6-7,15H,3-5,8-10H2,1-2H3. The Morgan fingerprint density at radius 1 is 1.41 bits per heavy atom. The molecule has 0 saturated heterocycles. The van der Waals surface area contributed by atoms with Crippen molar-refractivity contribution in [1.82, 2.24) is 4.90 Å². The molecule has 3 nitrogen and oxygen atoms in total. The average Bonchev–Trinajstić information content (AvgIpc) is 2.83. The number of hydrogen-bond acceptors (Lipinski definition) is 4. The number of ketones is 1. The second-order valence-corrected chi connectivity index (χ2v) is 5.16. The van der Waals surface area contributed by atoms with Gasteiger partial charge in [0.2, 0.25) is 0 Å². The minimum atomic E-state index is 0.184. The SMILES string of the molecule is CCc1ccc(C(=O)CN(CC)CCCO)s1. The summed E-state index contributed by atoms with van der Waals surface area (Å²) in [5.74, 6) is 0.189. The number of Topliss-reactive ketones (excluding diaryl/α,β-unsaturated/α-hetero) is 1. The zero-order chi connectivity index (χ0) is 12.7. The first-order valence-corrected chi connectivity index (χ1v) is 6.98. The molecule has 1 N–H and O–H groups in total. The number of carbonyl (C=O) groups is 1. The van der Waals surface area contributed by atoms with Gasteiger partial charge in [0.1, 0.15) is 0 Å². The molecule has 0 spiro atoms. The van der Waals surface area contributed by atoms with Gasteiger partial charge in [-0.2, -0.15) is 0 Å². The molecule has 96 valence electrons. The van der Waals surface area contributed by atoms with Crippen molar-refractivity contribution in [2.24, 2.45) is 0 Å². The van der Waals surface area contributed by atoms with Crippen molar-refractivity contribution in [1.29, 1.82) is 0 Å². The number of hydrogen-bond donors (Lipinski definition) is 1. The first-order valence-electron chi connectivity index (χ1n) is 6.16. The maximum absolute atomic E-state index is 12.0. The quantitative estimate of drug-likeness (QED) is 0.724. The van der Waals surface area contributed by atoms with Crippen LogP contribution in [0.4, 0.5) is 0 Å². The van der Waals surface area contributed by atoms with Gasteiger partial charge >= 0.3 is 0 Å². The molecule has 0 bridgehead atoms. The fraction of sp³-hybridized carbons (Fsp3) is 0.615. The Hall–Kier alpha value is -0.710. The van der Waals surface area contributed by atoms with Crippen LogP contribution in [0.3, 0.4) is 0 Å². The van der Waals surface area contributed by atoms with Crippen LogP contribution < -0.4 is 0 Å². The van der Waals surface area contributed by atoms with Crippen LogP contribution in [0.2, 0.25) is 0 Å². The van der Waals surface area contributed by atoms with E-state index in [2.05, 4.69) is 11.8 Å². The summed E-state index contributed by atoms with van der Waals surface area (Å²) in [6.45, 7) is 6.41. The van der Waals surface area contributed by atoms with Crippen LogP contribution >= 0.6 is 11.3 Å². The molecule has 1 heterocycles. The van der Waals surface area contributed by atoms with E-state index in [1.54, 1.807) is 11.3 Å². The number of aliphatic hydroxyl groups is 1. The second-order valence-electron chi connectivity index (χ2n) is 3.99. The lowest BCUT2D eigenvalue weighted by molar-refractivity contribution is 0.0932. The summed E-state index contributed by atoms with van der Waals surface area (Å²) >= 11 is 1.59. The van der Waals surface area contributed by atoms with E-state index < -0.39 is 0 Å². The number of aryl methyl sites for hydroxylation is 1. The summed E-state index contributed by atoms with van der Waals surface area (Å²) < 4.78 is 0. The summed E-state index contributed by atoms with van der Waals surface area (Å²) in [4.78, 5) is 16.2. The second kappa shape index (κ2) is 7.58. The van der Waals surface area contributed by atoms with Crippen LogP contribution in [0, 0.1) is 0 Å². The van der Waals surface area contributed by atoms with Crippen LogP contribution in [0.25, 0.3) is 0 Å². The minimum absolute atomic E-state index is 0.184. The van der Waals surface area contributed by atoms with Gasteiger partial charge in [-0.1, -0.05) is 13.8 Å². The molecule has 1 aromatic rings. The molecule has 0 amide bonds. The molecule has 17 heavy (non-hydrogen) atoms. The van der Waals surface area contributed by atoms with Crippen LogP contribution in [-0.4, -0.2) is 42.0 Å². The van der Waals surface area contributed by atoms with E-state index in [0.717, 1.165) is 30.8 Å². The molecule has 0 radical (unpaired) electrons. The van der Waals surface area contributed by atoms with Gasteiger partial charge < -0.3 is 5.11 Å². The normalized spacial score (nSPS) is 11.1. The fourth-order valence-corrected chi connectivity index (χ4v) is 2.52. The highest BCUT2D eigenvalue weighted by molar-refractivity contribution is 7.14. The van der Waals surface area contributed by atoms with E-state index in [4.69, 9.17) is 5.11 Å². The predicted molar refractivity (Wildman–Crippen MR) is 71.8 cm³/mol. The smallest absolute Gasteiger partial charge is 0.186 e. The molecular formula is C13H21NO2S. The van der Waals surface area contributed by atoms with E-state index in [1.807, 2.05) is 19.1 Å². The lowest BCUT2D eigenvalue weighted by Crippen LogP contribution is -2.30. The molecule has 0 fully saturated rings. The van der Waals surface area contributed by atoms with Crippen molar-refractivity contribution in [3.05, 3.63) is 21.9 Å². The Morgan fingerprint density at radius 2 is 2.18 bits per heavy atom. The molecule has 0 aliphatic rings. The monoisotopic (exact) mass is 255 g/mol. The average molecular weight is 255 g/mol. The van der Waals surface area contributed by atoms with Crippen molar-refractivity contribution >= 4 is 17.1 Å². The number of likely N-dealkylation sites (N-methyl/N-ethyl adjacent to an activating group) is 1. The molecule has 1 aromatic heterocycles. The van der Waals surface area contributed by atoms with Gasteiger partial charge in [0, 0.05) is 18.0 Å². The van der Waals surface area contributed by atoms with Crippen molar-refractivity contribution < 1.29 is 9.90 Å². The predicted octanol–water partition coefficient (Wildman–Crippen LogP) is 2.20. The molecule has 0 aromatic carbocycles. The molecular weight excluding hydrogens is 234 g/mol. The van der Waals surface area contributed by atoms with Gasteiger partial charge in [-0.25, -0.2) is 0 Å². The first-order chi connectivity index (χ1) is 8.21. The van der Waals surface area contributed by atoms with Crippen molar-refractivity contribution in [3.63, 3.8) is 0 Å². The molecule has 0 unspecified atom stereocenters. The van der Waals surface area contributed by atoms with E-state index in [-0.39, 0.29) is 12.4 Å². The van der Waals surface area contributed by atoms with Gasteiger partial charge in [0.05, 0.1) is 11.4 Å². The number of thiophene rings is 1. The molecule has 0 saturated carbocycles. The van der Waals surface area contributed by atoms with E-state index in [9.17, 15) is 4.79 Å². The third-order valence-electron chi connectivity index (χ3n) is 2.73.